The maximum absolute atomic E-state index is 6.06. The van der Waals surface area contributed by atoms with Gasteiger partial charge in [0.05, 0.1) is 119 Å². The summed E-state index contributed by atoms with van der Waals surface area (Å²) in [5.74, 6) is 2.57. The van der Waals surface area contributed by atoms with Crippen molar-refractivity contribution in [3.05, 3.63) is 48.2 Å². The van der Waals surface area contributed by atoms with Crippen LogP contribution in [0.25, 0.3) is 17.4 Å². The molecule has 4 rings (SSSR count). The molecule has 0 radical (unpaired) electrons. The van der Waals surface area contributed by atoms with E-state index < -0.39 is 0 Å². The first-order valence-electron chi connectivity index (χ1n) is 17.7. The van der Waals surface area contributed by atoms with Gasteiger partial charge in [-0.25, -0.2) is 0 Å². The van der Waals surface area contributed by atoms with Gasteiger partial charge in [-0.1, -0.05) is 12.1 Å². The normalized spacial score (nSPS) is 11.5. The molecule has 3 N–H and O–H groups in total. The number of nitrogens with two attached hydrogens (primary N) is 1. The Kier molecular flexibility index (Phi) is 21.1. The Labute approximate surface area is 309 Å². The summed E-state index contributed by atoms with van der Waals surface area (Å²) < 4.78 is 61.2. The molecule has 0 saturated heterocycles. The molecular weight excluding hydrogens is 694 g/mol. The first-order valence-corrected chi connectivity index (χ1v) is 17.7. The number of methoxy groups -OCH3 is 1. The highest BCUT2D eigenvalue weighted by atomic mass is 16.6. The van der Waals surface area contributed by atoms with Crippen molar-refractivity contribution in [3.8, 4) is 17.3 Å². The second kappa shape index (κ2) is 26.7. The fourth-order valence-corrected chi connectivity index (χ4v) is 4.47. The number of nitrogens with zero attached hydrogens (tertiary/aromatic N) is 5. The van der Waals surface area contributed by atoms with Gasteiger partial charge in [0, 0.05) is 13.7 Å². The van der Waals surface area contributed by atoms with Crippen LogP contribution in [0.4, 0.5) is 11.9 Å². The predicted molar refractivity (Wildman–Crippen MR) is 193 cm³/mol. The lowest BCUT2D eigenvalue weighted by Gasteiger charge is -2.09. The molecule has 0 aliphatic carbocycles. The Morgan fingerprint density at radius 3 is 1.62 bits per heavy atom. The Bertz CT molecular complexity index is 1480. The quantitative estimate of drug-likeness (QED) is 0.0672. The van der Waals surface area contributed by atoms with Gasteiger partial charge in [-0.05, 0) is 36.2 Å². The maximum atomic E-state index is 6.06. The largest absolute Gasteiger partial charge is 0.491 e. The molecule has 0 amide bonds. The average molecular weight is 748 g/mol. The van der Waals surface area contributed by atoms with E-state index in [0.29, 0.717) is 149 Å². The smallest absolute Gasteiger partial charge is 0.259 e. The van der Waals surface area contributed by atoms with Crippen LogP contribution < -0.4 is 15.8 Å². The Morgan fingerprint density at radius 1 is 0.623 bits per heavy atom. The first kappa shape index (κ1) is 41.8. The minimum Gasteiger partial charge on any atom is -0.491 e. The number of aromatic nitrogens is 5. The Balaban J connectivity index is 0.877. The molecule has 4 aromatic rings. The van der Waals surface area contributed by atoms with E-state index in [2.05, 4.69) is 25.4 Å². The lowest BCUT2D eigenvalue weighted by atomic mass is 10.1. The third kappa shape index (κ3) is 17.6. The van der Waals surface area contributed by atoms with Crippen LogP contribution in [0.5, 0.6) is 5.75 Å². The average Bonchev–Trinajstić information content (AvgIpc) is 3.87. The summed E-state index contributed by atoms with van der Waals surface area (Å²) in [4.78, 5) is 13.1. The van der Waals surface area contributed by atoms with Crippen LogP contribution in [-0.4, -0.2) is 157 Å². The van der Waals surface area contributed by atoms with Crippen LogP contribution in [0.2, 0.25) is 0 Å². The highest BCUT2D eigenvalue weighted by molar-refractivity contribution is 5.52. The minimum atomic E-state index is 0.177. The number of hydrogen-bond donors (Lipinski definition) is 2. The van der Waals surface area contributed by atoms with E-state index >= 15 is 0 Å². The van der Waals surface area contributed by atoms with Gasteiger partial charge < -0.3 is 62.8 Å². The standard InChI is InChI=1S/C35H53N7O11/c1-43-11-12-44-13-14-45-15-16-46-17-18-47-19-20-48-21-22-49-23-24-50-25-26-51-27-28-52-30-6-4-29(5-7-30)8-9-37-34-39-33(36)42-35(40-34)38-32(41-42)31-3-2-10-53-31/h2-7,10H,8-9,11-28H2,1H3,(H3,36,37,38,39,40,41). The summed E-state index contributed by atoms with van der Waals surface area (Å²) in [5, 5.41) is 7.49. The second-order valence-electron chi connectivity index (χ2n) is 11.1. The molecule has 0 saturated carbocycles. The fourth-order valence-electron chi connectivity index (χ4n) is 4.47. The molecule has 18 heteroatoms. The maximum Gasteiger partial charge on any atom is 0.259 e. The summed E-state index contributed by atoms with van der Waals surface area (Å²) >= 11 is 0. The molecule has 0 bridgehead atoms. The third-order valence-electron chi connectivity index (χ3n) is 7.13. The molecular formula is C35H53N7O11. The van der Waals surface area contributed by atoms with Crippen molar-refractivity contribution in [2.24, 2.45) is 0 Å². The van der Waals surface area contributed by atoms with Crippen molar-refractivity contribution >= 4 is 17.7 Å². The number of anilines is 2. The topological polar surface area (TPSA) is 199 Å². The van der Waals surface area contributed by atoms with Gasteiger partial charge in [-0.2, -0.15) is 19.5 Å². The molecule has 0 fully saturated rings. The number of hydrogen-bond acceptors (Lipinski definition) is 17. The molecule has 18 nitrogen and oxygen atoms in total. The van der Waals surface area contributed by atoms with E-state index in [1.807, 2.05) is 24.3 Å². The van der Waals surface area contributed by atoms with Crippen molar-refractivity contribution in [1.29, 1.82) is 0 Å². The molecule has 3 aromatic heterocycles. The van der Waals surface area contributed by atoms with E-state index in [4.69, 9.17) is 57.5 Å². The van der Waals surface area contributed by atoms with E-state index in [1.54, 1.807) is 25.5 Å². The van der Waals surface area contributed by atoms with Gasteiger partial charge in [-0.3, -0.25) is 0 Å². The number of nitrogen functional groups attached to an aromatic ring is 1. The highest BCUT2D eigenvalue weighted by Crippen LogP contribution is 2.18. The van der Waals surface area contributed by atoms with E-state index in [1.165, 1.54) is 4.52 Å². The van der Waals surface area contributed by atoms with Crippen molar-refractivity contribution in [2.45, 2.75) is 6.42 Å². The van der Waals surface area contributed by atoms with Crippen LogP contribution in [0, 0.1) is 0 Å². The Hall–Kier alpha value is -3.98. The van der Waals surface area contributed by atoms with E-state index in [0.717, 1.165) is 17.7 Å². The second-order valence-corrected chi connectivity index (χ2v) is 11.1. The SMILES string of the molecule is COCCOCCOCCOCCOCCOCCOCCOCCOCCOc1ccc(CCNc2nc(N)n3nc(-c4ccco4)nc3n2)cc1. The summed E-state index contributed by atoms with van der Waals surface area (Å²) in [6, 6.07) is 11.4. The zero-order valence-corrected chi connectivity index (χ0v) is 30.5. The predicted octanol–water partition coefficient (Wildman–Crippen LogP) is 2.17. The van der Waals surface area contributed by atoms with Crippen LogP contribution in [0.1, 0.15) is 5.56 Å². The minimum absolute atomic E-state index is 0.177. The number of nitrogens with one attached hydrogen (secondary N) is 1. The van der Waals surface area contributed by atoms with Crippen molar-refractivity contribution < 1.29 is 51.8 Å². The summed E-state index contributed by atoms with van der Waals surface area (Å²) in [6.45, 7) is 9.79. The van der Waals surface area contributed by atoms with Crippen LogP contribution in [0.3, 0.4) is 0 Å². The molecule has 0 unspecified atom stereocenters. The van der Waals surface area contributed by atoms with Crippen molar-refractivity contribution in [3.63, 3.8) is 0 Å². The highest BCUT2D eigenvalue weighted by Gasteiger charge is 2.13. The number of furan rings is 1. The molecule has 53 heavy (non-hydrogen) atoms. The van der Waals surface area contributed by atoms with Crippen molar-refractivity contribution in [1.82, 2.24) is 24.6 Å². The monoisotopic (exact) mass is 747 g/mol. The van der Waals surface area contributed by atoms with Crippen molar-refractivity contribution in [2.75, 3.05) is 144 Å². The molecule has 1 aromatic carbocycles. The summed E-state index contributed by atoms with van der Waals surface area (Å²) in [5.41, 5.74) is 7.19. The fraction of sp³-hybridized carbons (Fsp3) is 0.600. The van der Waals surface area contributed by atoms with Gasteiger partial charge in [-0.15, -0.1) is 5.10 Å². The zero-order valence-electron chi connectivity index (χ0n) is 30.5. The molecule has 0 spiro atoms. The number of benzene rings is 1. The zero-order chi connectivity index (χ0) is 37.0. The molecule has 0 atom stereocenters. The van der Waals surface area contributed by atoms with E-state index in [-0.39, 0.29) is 5.95 Å². The van der Waals surface area contributed by atoms with Crippen LogP contribution in [0.15, 0.2) is 47.1 Å². The van der Waals surface area contributed by atoms with Gasteiger partial charge >= 0.3 is 0 Å². The van der Waals surface area contributed by atoms with Crippen LogP contribution >= 0.6 is 0 Å². The number of rotatable bonds is 33. The molecule has 294 valence electrons. The number of ether oxygens (including phenoxy) is 10. The molecule has 0 aliphatic rings. The molecule has 0 aliphatic heterocycles. The molecule has 3 heterocycles. The van der Waals surface area contributed by atoms with Gasteiger partial charge in [0.25, 0.3) is 5.78 Å². The lowest BCUT2D eigenvalue weighted by molar-refractivity contribution is -0.0247. The Morgan fingerprint density at radius 2 is 1.13 bits per heavy atom. The lowest BCUT2D eigenvalue weighted by Crippen LogP contribution is -2.15. The third-order valence-corrected chi connectivity index (χ3v) is 7.13. The summed E-state index contributed by atoms with van der Waals surface area (Å²) in [6.07, 6.45) is 2.30. The van der Waals surface area contributed by atoms with E-state index in [9.17, 15) is 0 Å². The number of fused-ring (bicyclic) bond motifs is 1. The van der Waals surface area contributed by atoms with Gasteiger partial charge in [0.15, 0.2) is 5.76 Å². The van der Waals surface area contributed by atoms with Crippen LogP contribution in [-0.2, 0) is 49.1 Å². The first-order chi connectivity index (χ1) is 26.2. The van der Waals surface area contributed by atoms with Gasteiger partial charge in [0.1, 0.15) is 12.4 Å². The van der Waals surface area contributed by atoms with Gasteiger partial charge in [0.2, 0.25) is 17.7 Å². The summed E-state index contributed by atoms with van der Waals surface area (Å²) in [7, 11) is 1.64.